The molecule has 1 fully saturated rings. The second-order valence-corrected chi connectivity index (χ2v) is 11.5. The van der Waals surface area contributed by atoms with E-state index in [1.54, 1.807) is 30.6 Å². The summed E-state index contributed by atoms with van der Waals surface area (Å²) in [5, 5.41) is 13.4. The summed E-state index contributed by atoms with van der Waals surface area (Å²) in [6.45, 7) is 2.91. The first-order valence-electron chi connectivity index (χ1n) is 14.0. The standard InChI is InChI=1S/C33H33F2N3O3S/c1-21(29(39)23-8-4-3-5-9-23)37(2)33(41)28-20-42-31(36-28)25-16-18-38(19-17-25)32(40)27-11-7-6-10-26(27)22-12-14-24(15-13-22)30(34)35/h3-15,20-21,25,29-30,39H,16-19H2,1-2H3. The Hall–Kier alpha value is -3.95. The van der Waals surface area contributed by atoms with Gasteiger partial charge in [0.05, 0.1) is 17.2 Å². The number of hydrogen-bond acceptors (Lipinski definition) is 5. The van der Waals surface area contributed by atoms with Gasteiger partial charge in [-0.25, -0.2) is 13.8 Å². The summed E-state index contributed by atoms with van der Waals surface area (Å²) in [5.41, 5.74) is 3.02. The summed E-state index contributed by atoms with van der Waals surface area (Å²) in [6.07, 6.45) is -1.92. The van der Waals surface area contributed by atoms with Crippen molar-refractivity contribution in [3.63, 3.8) is 0 Å². The van der Waals surface area contributed by atoms with Gasteiger partial charge in [0.15, 0.2) is 0 Å². The van der Waals surface area contributed by atoms with Gasteiger partial charge in [-0.15, -0.1) is 11.3 Å². The smallest absolute Gasteiger partial charge is 0.273 e. The summed E-state index contributed by atoms with van der Waals surface area (Å²) in [6, 6.07) is 22.1. The van der Waals surface area contributed by atoms with Gasteiger partial charge in [0.1, 0.15) is 5.69 Å². The first-order chi connectivity index (χ1) is 20.2. The summed E-state index contributed by atoms with van der Waals surface area (Å²) in [7, 11) is 1.67. The monoisotopic (exact) mass is 589 g/mol. The first-order valence-corrected chi connectivity index (χ1v) is 14.8. The van der Waals surface area contributed by atoms with Crippen molar-refractivity contribution in [1.29, 1.82) is 0 Å². The number of carbonyl (C=O) groups is 2. The van der Waals surface area contributed by atoms with Gasteiger partial charge in [-0.05, 0) is 42.5 Å². The maximum atomic E-state index is 13.5. The van der Waals surface area contributed by atoms with E-state index in [4.69, 9.17) is 0 Å². The summed E-state index contributed by atoms with van der Waals surface area (Å²) < 4.78 is 26.0. The molecular weight excluding hydrogens is 556 g/mol. The minimum atomic E-state index is -2.54. The minimum absolute atomic E-state index is 0.0531. The lowest BCUT2D eigenvalue weighted by Gasteiger charge is -2.31. The maximum absolute atomic E-state index is 13.5. The van der Waals surface area contributed by atoms with E-state index in [-0.39, 0.29) is 23.3 Å². The van der Waals surface area contributed by atoms with Gasteiger partial charge < -0.3 is 14.9 Å². The van der Waals surface area contributed by atoms with E-state index >= 15 is 0 Å². The van der Waals surface area contributed by atoms with Crippen LogP contribution in [-0.2, 0) is 0 Å². The average Bonchev–Trinajstić information content (AvgIpc) is 3.54. The van der Waals surface area contributed by atoms with Crippen LogP contribution >= 0.6 is 11.3 Å². The van der Waals surface area contributed by atoms with Crippen molar-refractivity contribution in [2.45, 2.75) is 44.3 Å². The van der Waals surface area contributed by atoms with Gasteiger partial charge in [0.25, 0.3) is 18.2 Å². The molecule has 2 heterocycles. The Labute approximate surface area is 248 Å². The van der Waals surface area contributed by atoms with E-state index < -0.39 is 18.6 Å². The van der Waals surface area contributed by atoms with Crippen LogP contribution in [0, 0.1) is 0 Å². The molecular formula is C33H33F2N3O3S. The van der Waals surface area contributed by atoms with E-state index in [9.17, 15) is 23.5 Å². The van der Waals surface area contributed by atoms with Gasteiger partial charge in [0, 0.05) is 42.6 Å². The molecule has 0 bridgehead atoms. The third kappa shape index (κ3) is 6.27. The Bertz CT molecular complexity index is 1520. The SMILES string of the molecule is CC(C(O)c1ccccc1)N(C)C(=O)c1csc(C2CCN(C(=O)c3ccccc3-c3ccc(C(F)F)cc3)CC2)n1. The molecule has 2 amide bonds. The van der Waals surface area contributed by atoms with E-state index in [2.05, 4.69) is 4.98 Å². The van der Waals surface area contributed by atoms with Crippen molar-refractivity contribution in [3.05, 3.63) is 112 Å². The Balaban J connectivity index is 1.21. The molecule has 9 heteroatoms. The molecule has 0 spiro atoms. The van der Waals surface area contributed by atoms with Crippen LogP contribution in [0.4, 0.5) is 8.78 Å². The van der Waals surface area contributed by atoms with E-state index in [1.807, 2.05) is 60.4 Å². The van der Waals surface area contributed by atoms with Crippen molar-refractivity contribution in [2.24, 2.45) is 0 Å². The number of carbonyl (C=O) groups excluding carboxylic acids is 2. The number of likely N-dealkylation sites (tertiary alicyclic amines) is 1. The molecule has 0 saturated carbocycles. The topological polar surface area (TPSA) is 73.7 Å². The first kappa shape index (κ1) is 29.5. The van der Waals surface area contributed by atoms with E-state index in [0.29, 0.717) is 35.5 Å². The van der Waals surface area contributed by atoms with Crippen molar-refractivity contribution < 1.29 is 23.5 Å². The normalized spacial score (nSPS) is 15.4. The quantitative estimate of drug-likeness (QED) is 0.241. The zero-order chi connectivity index (χ0) is 29.8. The molecule has 0 radical (unpaired) electrons. The number of halogens is 2. The van der Waals surface area contributed by atoms with Crippen molar-refractivity contribution in [3.8, 4) is 11.1 Å². The number of alkyl halides is 2. The second kappa shape index (κ2) is 12.9. The van der Waals surface area contributed by atoms with Gasteiger partial charge in [-0.3, -0.25) is 9.59 Å². The van der Waals surface area contributed by atoms with E-state index in [1.165, 1.54) is 28.4 Å². The molecule has 2 unspecified atom stereocenters. The lowest BCUT2D eigenvalue weighted by molar-refractivity contribution is 0.0482. The highest BCUT2D eigenvalue weighted by molar-refractivity contribution is 7.09. The van der Waals surface area contributed by atoms with Crippen LogP contribution < -0.4 is 0 Å². The van der Waals surface area contributed by atoms with Crippen LogP contribution in [0.15, 0.2) is 84.2 Å². The van der Waals surface area contributed by atoms with Crippen molar-refractivity contribution >= 4 is 23.2 Å². The molecule has 6 nitrogen and oxygen atoms in total. The summed E-state index contributed by atoms with van der Waals surface area (Å²) in [5.74, 6) is -0.203. The van der Waals surface area contributed by atoms with Gasteiger partial charge in [0.2, 0.25) is 0 Å². The molecule has 1 N–H and O–H groups in total. The summed E-state index contributed by atoms with van der Waals surface area (Å²) >= 11 is 1.45. The molecule has 1 aliphatic heterocycles. The number of likely N-dealkylation sites (N-methyl/N-ethyl adjacent to an activating group) is 1. The number of aliphatic hydroxyl groups is 1. The molecule has 2 atom stereocenters. The molecule has 1 aromatic heterocycles. The van der Waals surface area contributed by atoms with Gasteiger partial charge in [-0.1, -0.05) is 72.8 Å². The lowest BCUT2D eigenvalue weighted by atomic mass is 9.94. The van der Waals surface area contributed by atoms with Crippen LogP contribution in [-0.4, -0.2) is 57.9 Å². The van der Waals surface area contributed by atoms with Gasteiger partial charge in [-0.2, -0.15) is 0 Å². The number of aromatic nitrogens is 1. The lowest BCUT2D eigenvalue weighted by Crippen LogP contribution is -2.39. The van der Waals surface area contributed by atoms with E-state index in [0.717, 1.165) is 23.4 Å². The molecule has 42 heavy (non-hydrogen) atoms. The predicted octanol–water partition coefficient (Wildman–Crippen LogP) is 6.96. The third-order valence-electron chi connectivity index (χ3n) is 8.03. The maximum Gasteiger partial charge on any atom is 0.273 e. The molecule has 1 saturated heterocycles. The Morgan fingerprint density at radius 1 is 0.952 bits per heavy atom. The van der Waals surface area contributed by atoms with Crippen molar-refractivity contribution in [1.82, 2.24) is 14.8 Å². The number of thiazole rings is 1. The highest BCUT2D eigenvalue weighted by Crippen LogP contribution is 2.33. The zero-order valence-corrected chi connectivity index (χ0v) is 24.3. The molecule has 5 rings (SSSR count). The van der Waals surface area contributed by atoms with Crippen LogP contribution in [0.2, 0.25) is 0 Å². The number of amides is 2. The fourth-order valence-electron chi connectivity index (χ4n) is 5.31. The molecule has 218 valence electrons. The Kier molecular flexibility index (Phi) is 9.09. The fraction of sp³-hybridized carbons (Fsp3) is 0.303. The third-order valence-corrected chi connectivity index (χ3v) is 9.04. The van der Waals surface area contributed by atoms with Crippen LogP contribution in [0.5, 0.6) is 0 Å². The largest absolute Gasteiger partial charge is 0.386 e. The molecule has 1 aliphatic rings. The van der Waals surface area contributed by atoms with Crippen LogP contribution in [0.1, 0.15) is 75.2 Å². The highest BCUT2D eigenvalue weighted by Gasteiger charge is 2.30. The molecule has 0 aliphatic carbocycles. The molecule has 4 aromatic rings. The Morgan fingerprint density at radius 2 is 1.60 bits per heavy atom. The molecule has 3 aromatic carbocycles. The number of aliphatic hydroxyl groups excluding tert-OH is 1. The number of benzene rings is 3. The second-order valence-electron chi connectivity index (χ2n) is 10.6. The summed E-state index contributed by atoms with van der Waals surface area (Å²) in [4.78, 5) is 34.7. The van der Waals surface area contributed by atoms with Gasteiger partial charge >= 0.3 is 0 Å². The minimum Gasteiger partial charge on any atom is -0.386 e. The van der Waals surface area contributed by atoms with Crippen LogP contribution in [0.3, 0.4) is 0 Å². The number of hydrogen-bond donors (Lipinski definition) is 1. The Morgan fingerprint density at radius 3 is 2.26 bits per heavy atom. The highest BCUT2D eigenvalue weighted by atomic mass is 32.1. The fourth-order valence-corrected chi connectivity index (χ4v) is 6.27. The number of nitrogens with zero attached hydrogens (tertiary/aromatic N) is 3. The predicted molar refractivity (Wildman–Crippen MR) is 160 cm³/mol. The number of rotatable bonds is 8. The number of piperidine rings is 1. The van der Waals surface area contributed by atoms with Crippen LogP contribution in [0.25, 0.3) is 11.1 Å². The average molecular weight is 590 g/mol. The van der Waals surface area contributed by atoms with Crippen molar-refractivity contribution in [2.75, 3.05) is 20.1 Å². The zero-order valence-electron chi connectivity index (χ0n) is 23.5.